The molecule has 1 fully saturated rings. The molecule has 0 unspecified atom stereocenters. The van der Waals surface area contributed by atoms with Gasteiger partial charge in [0.15, 0.2) is 5.82 Å². The van der Waals surface area contributed by atoms with E-state index in [0.29, 0.717) is 22.0 Å². The number of halogens is 1. The van der Waals surface area contributed by atoms with Crippen molar-refractivity contribution in [1.82, 2.24) is 15.0 Å². The van der Waals surface area contributed by atoms with E-state index in [0.717, 1.165) is 17.1 Å². The van der Waals surface area contributed by atoms with Gasteiger partial charge < -0.3 is 10.6 Å². The molecule has 2 amide bonds. The standard InChI is InChI=1S/C21H20FN5O2S/c1-11-5-16(22)15(7-17(11)26-21(29)18-9-24-12(2)30-18)20(28)27-19-10-23-8-14(25-19)6-13-3-4-13/h5,7-10,13H,3-4,6H2,1-2H3,(H,26,29)(H,25,27,28). The molecule has 2 aromatic heterocycles. The molecule has 0 radical (unpaired) electrons. The van der Waals surface area contributed by atoms with Crippen molar-refractivity contribution in [1.29, 1.82) is 0 Å². The van der Waals surface area contributed by atoms with Crippen LogP contribution in [-0.2, 0) is 6.42 Å². The van der Waals surface area contributed by atoms with E-state index < -0.39 is 11.7 Å². The molecule has 0 saturated heterocycles. The maximum atomic E-state index is 14.5. The van der Waals surface area contributed by atoms with Crippen LogP contribution in [0.5, 0.6) is 0 Å². The molecule has 0 aliphatic heterocycles. The Labute approximate surface area is 176 Å². The highest BCUT2D eigenvalue weighted by Gasteiger charge is 2.23. The van der Waals surface area contributed by atoms with E-state index >= 15 is 0 Å². The quantitative estimate of drug-likeness (QED) is 0.619. The lowest BCUT2D eigenvalue weighted by Crippen LogP contribution is -2.17. The molecule has 30 heavy (non-hydrogen) atoms. The zero-order valence-corrected chi connectivity index (χ0v) is 17.3. The second-order valence-corrected chi connectivity index (χ2v) is 8.58. The van der Waals surface area contributed by atoms with Gasteiger partial charge in [0.1, 0.15) is 10.7 Å². The SMILES string of the molecule is Cc1ncc(C(=O)Nc2cc(C(=O)Nc3cncc(CC4CC4)n3)c(F)cc2C)s1. The van der Waals surface area contributed by atoms with Crippen LogP contribution in [0.3, 0.4) is 0 Å². The topological polar surface area (TPSA) is 96.9 Å². The van der Waals surface area contributed by atoms with Gasteiger partial charge in [-0.3, -0.25) is 14.6 Å². The van der Waals surface area contributed by atoms with Crippen LogP contribution < -0.4 is 10.6 Å². The minimum Gasteiger partial charge on any atom is -0.321 e. The van der Waals surface area contributed by atoms with Crippen LogP contribution in [0.1, 0.15) is 49.1 Å². The molecule has 1 saturated carbocycles. The number of thiazole rings is 1. The number of nitrogens with one attached hydrogen (secondary N) is 2. The second-order valence-electron chi connectivity index (χ2n) is 7.34. The average Bonchev–Trinajstić information content (AvgIpc) is 3.40. The summed E-state index contributed by atoms with van der Waals surface area (Å²) in [6.07, 6.45) is 7.77. The Hall–Kier alpha value is -3.20. The zero-order valence-electron chi connectivity index (χ0n) is 16.5. The van der Waals surface area contributed by atoms with Gasteiger partial charge in [0, 0.05) is 11.9 Å². The fourth-order valence-electron chi connectivity index (χ4n) is 3.00. The van der Waals surface area contributed by atoms with Crippen LogP contribution in [0.4, 0.5) is 15.9 Å². The molecule has 154 valence electrons. The second kappa shape index (κ2) is 8.27. The number of nitrogens with zero attached hydrogens (tertiary/aromatic N) is 3. The Morgan fingerprint density at radius 3 is 2.63 bits per heavy atom. The highest BCUT2D eigenvalue weighted by molar-refractivity contribution is 7.13. The van der Waals surface area contributed by atoms with Crippen LogP contribution in [0.15, 0.2) is 30.7 Å². The molecule has 3 aromatic rings. The van der Waals surface area contributed by atoms with Crippen LogP contribution in [0.2, 0.25) is 0 Å². The molecule has 0 spiro atoms. The first kappa shape index (κ1) is 20.1. The van der Waals surface area contributed by atoms with Gasteiger partial charge in [0.05, 0.1) is 28.7 Å². The first-order valence-corrected chi connectivity index (χ1v) is 10.4. The van der Waals surface area contributed by atoms with E-state index in [1.54, 1.807) is 20.0 Å². The van der Waals surface area contributed by atoms with E-state index in [2.05, 4.69) is 25.6 Å². The predicted molar refractivity (Wildman–Crippen MR) is 112 cm³/mol. The summed E-state index contributed by atoms with van der Waals surface area (Å²) < 4.78 is 14.5. The molecule has 1 aromatic carbocycles. The Bertz CT molecular complexity index is 1130. The Morgan fingerprint density at radius 1 is 1.13 bits per heavy atom. The largest absolute Gasteiger partial charge is 0.321 e. The smallest absolute Gasteiger partial charge is 0.267 e. The molecular weight excluding hydrogens is 405 g/mol. The molecule has 4 rings (SSSR count). The number of rotatable bonds is 6. The van der Waals surface area contributed by atoms with Crippen molar-refractivity contribution in [2.24, 2.45) is 5.92 Å². The normalized spacial score (nSPS) is 13.2. The summed E-state index contributed by atoms with van der Waals surface area (Å²) in [6, 6.07) is 2.55. The number of benzene rings is 1. The van der Waals surface area contributed by atoms with Crippen molar-refractivity contribution in [2.45, 2.75) is 33.1 Å². The number of amides is 2. The first-order chi connectivity index (χ1) is 14.4. The number of aromatic nitrogens is 3. The van der Waals surface area contributed by atoms with Crippen molar-refractivity contribution in [3.8, 4) is 0 Å². The van der Waals surface area contributed by atoms with Crippen LogP contribution in [0.25, 0.3) is 0 Å². The lowest BCUT2D eigenvalue weighted by atomic mass is 10.1. The molecule has 1 aliphatic carbocycles. The monoisotopic (exact) mass is 425 g/mol. The van der Waals surface area contributed by atoms with E-state index in [-0.39, 0.29) is 17.3 Å². The third-order valence-electron chi connectivity index (χ3n) is 4.77. The van der Waals surface area contributed by atoms with Gasteiger partial charge in [-0.25, -0.2) is 14.4 Å². The fourth-order valence-corrected chi connectivity index (χ4v) is 3.67. The van der Waals surface area contributed by atoms with Crippen LogP contribution in [-0.4, -0.2) is 26.8 Å². The summed E-state index contributed by atoms with van der Waals surface area (Å²) in [5.41, 5.74) is 1.47. The summed E-state index contributed by atoms with van der Waals surface area (Å²) in [5.74, 6) is -0.800. The number of hydrogen-bond acceptors (Lipinski definition) is 6. The lowest BCUT2D eigenvalue weighted by molar-refractivity contribution is 0.101. The summed E-state index contributed by atoms with van der Waals surface area (Å²) >= 11 is 1.25. The molecule has 7 nitrogen and oxygen atoms in total. The molecule has 2 heterocycles. The average molecular weight is 425 g/mol. The van der Waals surface area contributed by atoms with Gasteiger partial charge in [-0.2, -0.15) is 0 Å². The highest BCUT2D eigenvalue weighted by Crippen LogP contribution is 2.32. The minimum absolute atomic E-state index is 0.189. The maximum absolute atomic E-state index is 14.5. The Kier molecular flexibility index (Phi) is 5.54. The molecule has 0 bridgehead atoms. The predicted octanol–water partition coefficient (Wildman–Crippen LogP) is 4.15. The first-order valence-electron chi connectivity index (χ1n) is 9.55. The summed E-state index contributed by atoms with van der Waals surface area (Å²) in [4.78, 5) is 38.1. The van der Waals surface area contributed by atoms with Crippen molar-refractivity contribution in [3.05, 3.63) is 63.2 Å². The summed E-state index contributed by atoms with van der Waals surface area (Å²) in [7, 11) is 0. The number of hydrogen-bond donors (Lipinski definition) is 2. The molecule has 0 atom stereocenters. The van der Waals surface area contributed by atoms with Gasteiger partial charge >= 0.3 is 0 Å². The van der Waals surface area contributed by atoms with E-state index in [4.69, 9.17) is 0 Å². The number of aryl methyl sites for hydroxylation is 2. The van der Waals surface area contributed by atoms with Crippen molar-refractivity contribution < 1.29 is 14.0 Å². The van der Waals surface area contributed by atoms with Gasteiger partial charge in [0.25, 0.3) is 11.8 Å². The van der Waals surface area contributed by atoms with Gasteiger partial charge in [0.2, 0.25) is 0 Å². The van der Waals surface area contributed by atoms with Gasteiger partial charge in [-0.15, -0.1) is 11.3 Å². The number of anilines is 2. The van der Waals surface area contributed by atoms with Crippen LogP contribution >= 0.6 is 11.3 Å². The van der Waals surface area contributed by atoms with E-state index in [1.165, 1.54) is 48.7 Å². The van der Waals surface area contributed by atoms with Gasteiger partial charge in [-0.05, 0) is 56.7 Å². The fraction of sp³-hybridized carbons (Fsp3) is 0.286. The molecule has 2 N–H and O–H groups in total. The van der Waals surface area contributed by atoms with Gasteiger partial charge in [-0.1, -0.05) is 0 Å². The van der Waals surface area contributed by atoms with Crippen molar-refractivity contribution in [2.75, 3.05) is 10.6 Å². The summed E-state index contributed by atoms with van der Waals surface area (Å²) in [6.45, 7) is 3.46. The summed E-state index contributed by atoms with van der Waals surface area (Å²) in [5, 5.41) is 6.08. The number of carbonyl (C=O) groups excluding carboxylic acids is 2. The van der Waals surface area contributed by atoms with Crippen molar-refractivity contribution >= 4 is 34.7 Å². The zero-order chi connectivity index (χ0) is 21.3. The van der Waals surface area contributed by atoms with Crippen LogP contribution in [0, 0.1) is 25.6 Å². The third kappa shape index (κ3) is 4.68. The van der Waals surface area contributed by atoms with Crippen molar-refractivity contribution in [3.63, 3.8) is 0 Å². The maximum Gasteiger partial charge on any atom is 0.267 e. The molecule has 1 aliphatic rings. The minimum atomic E-state index is -0.682. The molecular formula is C21H20FN5O2S. The number of carbonyl (C=O) groups is 2. The highest BCUT2D eigenvalue weighted by atomic mass is 32.1. The lowest BCUT2D eigenvalue weighted by Gasteiger charge is -2.12. The third-order valence-corrected chi connectivity index (χ3v) is 5.68. The van der Waals surface area contributed by atoms with E-state index in [1.807, 2.05) is 0 Å². The molecule has 9 heteroatoms. The van der Waals surface area contributed by atoms with E-state index in [9.17, 15) is 14.0 Å². The Balaban J connectivity index is 1.52. The Morgan fingerprint density at radius 2 is 1.93 bits per heavy atom.